The van der Waals surface area contributed by atoms with Gasteiger partial charge in [0.1, 0.15) is 12.1 Å². The topological polar surface area (TPSA) is 106 Å². The number of hydrogen-bond acceptors (Lipinski definition) is 7. The summed E-state index contributed by atoms with van der Waals surface area (Å²) < 4.78 is 11.5. The second-order valence-corrected chi connectivity index (χ2v) is 8.26. The van der Waals surface area contributed by atoms with Crippen LogP contribution in [0.3, 0.4) is 0 Å². The number of carbonyl (C=O) groups is 1. The van der Waals surface area contributed by atoms with Gasteiger partial charge >= 0.3 is 0 Å². The van der Waals surface area contributed by atoms with E-state index >= 15 is 0 Å². The highest BCUT2D eigenvalue weighted by Gasteiger charge is 2.12. The van der Waals surface area contributed by atoms with Crippen molar-refractivity contribution >= 4 is 28.3 Å². The fourth-order valence-electron chi connectivity index (χ4n) is 3.53. The van der Waals surface area contributed by atoms with Crippen LogP contribution in [-0.2, 0) is 4.79 Å². The third-order valence-corrected chi connectivity index (χ3v) is 5.36. The molecular weight excluding hydrogens is 444 g/mol. The first-order valence-electron chi connectivity index (χ1n) is 11.7. The van der Waals surface area contributed by atoms with Gasteiger partial charge in [-0.2, -0.15) is 0 Å². The van der Waals surface area contributed by atoms with E-state index in [1.54, 1.807) is 14.0 Å². The van der Waals surface area contributed by atoms with Crippen LogP contribution >= 0.6 is 0 Å². The van der Waals surface area contributed by atoms with Gasteiger partial charge in [-0.1, -0.05) is 24.8 Å². The molecule has 1 heterocycles. The number of ether oxygens (including phenoxy) is 2. The lowest BCUT2D eigenvalue weighted by molar-refractivity contribution is -0.121. The summed E-state index contributed by atoms with van der Waals surface area (Å²) >= 11 is 0. The Balaban J connectivity index is 1.57. The predicted octanol–water partition coefficient (Wildman–Crippen LogP) is 4.19. The second-order valence-electron chi connectivity index (χ2n) is 8.26. The van der Waals surface area contributed by atoms with Crippen LogP contribution in [0.25, 0.3) is 10.9 Å². The normalized spacial score (nSPS) is 11.5. The highest BCUT2D eigenvalue weighted by atomic mass is 16.5. The van der Waals surface area contributed by atoms with Crippen molar-refractivity contribution in [3.8, 4) is 23.8 Å². The van der Waals surface area contributed by atoms with Gasteiger partial charge in [0.2, 0.25) is 5.91 Å². The van der Waals surface area contributed by atoms with E-state index in [1.165, 1.54) is 6.33 Å². The van der Waals surface area contributed by atoms with Crippen LogP contribution in [0.5, 0.6) is 11.5 Å². The highest BCUT2D eigenvalue weighted by Crippen LogP contribution is 2.35. The van der Waals surface area contributed by atoms with Gasteiger partial charge in [-0.25, -0.2) is 9.97 Å². The number of benzene rings is 2. The molecule has 3 rings (SSSR count). The van der Waals surface area contributed by atoms with Crippen LogP contribution in [0, 0.1) is 12.3 Å². The van der Waals surface area contributed by atoms with E-state index in [4.69, 9.17) is 15.9 Å². The van der Waals surface area contributed by atoms with Gasteiger partial charge in [-0.3, -0.25) is 4.79 Å². The number of amides is 1. The Bertz CT molecular complexity index is 1170. The van der Waals surface area contributed by atoms with Crippen LogP contribution in [0.1, 0.15) is 44.6 Å². The molecule has 0 bridgehead atoms. The van der Waals surface area contributed by atoms with Crippen LogP contribution in [0.4, 0.5) is 11.5 Å². The van der Waals surface area contributed by atoms with Crippen molar-refractivity contribution in [3.63, 3.8) is 0 Å². The van der Waals surface area contributed by atoms with E-state index in [1.807, 2.05) is 36.4 Å². The third-order valence-electron chi connectivity index (χ3n) is 5.36. The van der Waals surface area contributed by atoms with E-state index in [0.717, 1.165) is 47.8 Å². The van der Waals surface area contributed by atoms with Crippen LogP contribution < -0.4 is 20.1 Å². The van der Waals surface area contributed by atoms with Crippen molar-refractivity contribution < 1.29 is 19.4 Å². The molecule has 0 saturated carbocycles. The van der Waals surface area contributed by atoms with Crippen LogP contribution in [0.2, 0.25) is 0 Å². The smallest absolute Gasteiger partial charge is 0.220 e. The molecular formula is C27H32N4O4. The van der Waals surface area contributed by atoms with Gasteiger partial charge in [-0.15, -0.1) is 6.42 Å². The summed E-state index contributed by atoms with van der Waals surface area (Å²) in [6.45, 7) is 2.46. The maximum Gasteiger partial charge on any atom is 0.220 e. The van der Waals surface area contributed by atoms with Crippen LogP contribution in [-0.4, -0.2) is 47.3 Å². The number of aromatic nitrogens is 2. The molecule has 0 fully saturated rings. The summed E-state index contributed by atoms with van der Waals surface area (Å²) in [5.74, 6) is 4.47. The minimum absolute atomic E-state index is 0.0271. The van der Waals surface area contributed by atoms with Crippen molar-refractivity contribution in [1.82, 2.24) is 15.3 Å². The monoisotopic (exact) mass is 476 g/mol. The summed E-state index contributed by atoms with van der Waals surface area (Å²) in [5.41, 5.74) is 2.34. The molecule has 0 spiro atoms. The zero-order valence-corrected chi connectivity index (χ0v) is 20.2. The number of carbonyl (C=O) groups excluding carboxylic acids is 1. The average molecular weight is 477 g/mol. The average Bonchev–Trinajstić information content (AvgIpc) is 2.86. The first-order chi connectivity index (χ1) is 17.0. The molecule has 0 aliphatic rings. The number of aliphatic hydroxyl groups is 1. The maximum absolute atomic E-state index is 11.7. The zero-order chi connectivity index (χ0) is 25.0. The second kappa shape index (κ2) is 13.2. The molecule has 0 aliphatic carbocycles. The quantitative estimate of drug-likeness (QED) is 0.251. The minimum Gasteiger partial charge on any atom is -0.493 e. The molecule has 0 aliphatic heterocycles. The number of terminal acetylenes is 1. The van der Waals surface area contributed by atoms with Gasteiger partial charge < -0.3 is 25.2 Å². The number of methoxy groups -OCH3 is 1. The third kappa shape index (κ3) is 7.87. The summed E-state index contributed by atoms with van der Waals surface area (Å²) in [5, 5.41) is 16.0. The Morgan fingerprint density at radius 3 is 2.74 bits per heavy atom. The van der Waals surface area contributed by atoms with Crippen molar-refractivity contribution in [2.75, 3.05) is 25.6 Å². The lowest BCUT2D eigenvalue weighted by Crippen LogP contribution is -2.30. The molecule has 8 nitrogen and oxygen atoms in total. The Labute approximate surface area is 206 Å². The molecule has 1 aromatic heterocycles. The molecule has 35 heavy (non-hydrogen) atoms. The van der Waals surface area contributed by atoms with E-state index in [-0.39, 0.29) is 5.91 Å². The first kappa shape index (κ1) is 25.8. The van der Waals surface area contributed by atoms with Crippen molar-refractivity contribution in [1.29, 1.82) is 0 Å². The molecule has 1 atom stereocenters. The highest BCUT2D eigenvalue weighted by molar-refractivity contribution is 5.93. The van der Waals surface area contributed by atoms with Gasteiger partial charge in [0, 0.05) is 35.7 Å². The van der Waals surface area contributed by atoms with Crippen molar-refractivity contribution in [2.24, 2.45) is 0 Å². The Kier molecular flexibility index (Phi) is 9.69. The molecule has 184 valence electrons. The first-order valence-corrected chi connectivity index (χ1v) is 11.7. The minimum atomic E-state index is -0.527. The summed E-state index contributed by atoms with van der Waals surface area (Å²) in [6, 6.07) is 11.3. The van der Waals surface area contributed by atoms with Crippen LogP contribution in [0.15, 0.2) is 42.7 Å². The van der Waals surface area contributed by atoms with E-state index < -0.39 is 6.10 Å². The SMILES string of the molecule is C#Cc1cccc(Nc2ncnc3cc(OC)c(OCCCCCCC(=O)NCC(C)O)cc23)c1. The number of anilines is 2. The van der Waals surface area contributed by atoms with E-state index in [2.05, 4.69) is 26.5 Å². The molecule has 1 unspecified atom stereocenters. The fraction of sp³-hybridized carbons (Fsp3) is 0.370. The number of aliphatic hydroxyl groups excluding tert-OH is 1. The van der Waals surface area contributed by atoms with E-state index in [9.17, 15) is 9.90 Å². The predicted molar refractivity (Wildman–Crippen MR) is 137 cm³/mol. The van der Waals surface area contributed by atoms with E-state index in [0.29, 0.717) is 36.9 Å². The lowest BCUT2D eigenvalue weighted by atomic mass is 10.1. The Hall–Kier alpha value is -3.83. The molecule has 8 heteroatoms. The summed E-state index contributed by atoms with van der Waals surface area (Å²) in [4.78, 5) is 20.5. The molecule has 3 aromatic rings. The number of unbranched alkanes of at least 4 members (excludes halogenated alkanes) is 3. The standard InChI is InChI=1S/C27H32N4O4/c1-4-20-10-9-11-21(14-20)31-27-22-15-25(24(34-3)16-23(22)29-18-30-27)35-13-8-6-5-7-12-26(33)28-17-19(2)32/h1,9-11,14-16,18-19,32H,5-8,12-13,17H2,2-3H3,(H,28,33)(H,29,30,31). The Morgan fingerprint density at radius 1 is 1.14 bits per heavy atom. The zero-order valence-electron chi connectivity index (χ0n) is 20.2. The van der Waals surface area contributed by atoms with Crippen molar-refractivity contribution in [2.45, 2.75) is 45.1 Å². The molecule has 0 radical (unpaired) electrons. The summed E-state index contributed by atoms with van der Waals surface area (Å²) in [7, 11) is 1.60. The Morgan fingerprint density at radius 2 is 1.97 bits per heavy atom. The maximum atomic E-state index is 11.7. The van der Waals surface area contributed by atoms with Gasteiger partial charge in [-0.05, 0) is 44.0 Å². The van der Waals surface area contributed by atoms with Gasteiger partial charge in [0.05, 0.1) is 25.3 Å². The lowest BCUT2D eigenvalue weighted by Gasteiger charge is -2.14. The fourth-order valence-corrected chi connectivity index (χ4v) is 3.53. The number of nitrogens with one attached hydrogen (secondary N) is 2. The number of fused-ring (bicyclic) bond motifs is 1. The molecule has 1 amide bonds. The number of hydrogen-bond donors (Lipinski definition) is 3. The van der Waals surface area contributed by atoms with Gasteiger partial charge in [0.15, 0.2) is 11.5 Å². The molecule has 3 N–H and O–H groups in total. The van der Waals surface area contributed by atoms with Crippen molar-refractivity contribution in [3.05, 3.63) is 48.3 Å². The number of nitrogens with zero attached hydrogens (tertiary/aromatic N) is 2. The summed E-state index contributed by atoms with van der Waals surface area (Å²) in [6.07, 6.45) is 10.5. The number of rotatable bonds is 13. The molecule has 2 aromatic carbocycles. The molecule has 0 saturated heterocycles. The van der Waals surface area contributed by atoms with Gasteiger partial charge in [0.25, 0.3) is 0 Å². The largest absolute Gasteiger partial charge is 0.493 e.